The van der Waals surface area contributed by atoms with Crippen LogP contribution in [-0.2, 0) is 22.6 Å². The van der Waals surface area contributed by atoms with Gasteiger partial charge < -0.3 is 15.4 Å². The van der Waals surface area contributed by atoms with Crippen LogP contribution in [0.4, 0.5) is 5.69 Å². The number of benzene rings is 2. The number of nitrogens with one attached hydrogen (secondary N) is 2. The molecule has 2 amide bonds. The monoisotopic (exact) mass is 469 g/mol. The first-order valence-corrected chi connectivity index (χ1v) is 11.6. The van der Waals surface area contributed by atoms with Gasteiger partial charge in [0.15, 0.2) is 0 Å². The number of carbonyl (C=O) groups is 2. The molecule has 1 atom stereocenters. The summed E-state index contributed by atoms with van der Waals surface area (Å²) in [7, 11) is 1.49. The van der Waals surface area contributed by atoms with Crippen molar-refractivity contribution in [1.82, 2.24) is 10.2 Å². The van der Waals surface area contributed by atoms with Crippen molar-refractivity contribution in [2.24, 2.45) is 0 Å². The van der Waals surface area contributed by atoms with E-state index >= 15 is 0 Å². The smallest absolute Gasteiger partial charge is 0.313 e. The number of carbonyl (C=O) groups excluding carboxylic acids is 2. The number of thiophene rings is 1. The maximum Gasteiger partial charge on any atom is 0.313 e. The Morgan fingerprint density at radius 3 is 2.72 bits per heavy atom. The van der Waals surface area contributed by atoms with E-state index in [2.05, 4.69) is 51.2 Å². The number of ether oxygens (including phenoxy) is 1. The molecule has 8 heteroatoms. The molecule has 0 bridgehead atoms. The zero-order chi connectivity index (χ0) is 22.5. The second-order valence-corrected chi connectivity index (χ2v) is 8.79. The highest BCUT2D eigenvalue weighted by Crippen LogP contribution is 2.29. The molecule has 2 N–H and O–H groups in total. The lowest BCUT2D eigenvalue weighted by atomic mass is 9.97. The summed E-state index contributed by atoms with van der Waals surface area (Å²) in [4.78, 5) is 27.4. The van der Waals surface area contributed by atoms with Crippen LogP contribution >= 0.6 is 22.9 Å². The lowest BCUT2D eigenvalue weighted by molar-refractivity contribution is -0.136. The summed E-state index contributed by atoms with van der Waals surface area (Å²) < 4.78 is 5.23. The highest BCUT2D eigenvalue weighted by molar-refractivity contribution is 7.08. The first-order chi connectivity index (χ1) is 15.5. The Hall–Kier alpha value is -2.87. The molecular weight excluding hydrogens is 446 g/mol. The Balaban J connectivity index is 1.43. The van der Waals surface area contributed by atoms with Crippen molar-refractivity contribution in [2.45, 2.75) is 19.0 Å². The van der Waals surface area contributed by atoms with Gasteiger partial charge in [-0.05, 0) is 58.1 Å². The summed E-state index contributed by atoms with van der Waals surface area (Å²) >= 11 is 7.63. The van der Waals surface area contributed by atoms with Crippen molar-refractivity contribution in [3.8, 4) is 5.75 Å². The Bertz CT molecular complexity index is 1100. The van der Waals surface area contributed by atoms with Crippen molar-refractivity contribution in [3.05, 3.63) is 81.0 Å². The molecule has 6 nitrogen and oxygen atoms in total. The fourth-order valence-electron chi connectivity index (χ4n) is 3.93. The van der Waals surface area contributed by atoms with Gasteiger partial charge in [0.25, 0.3) is 0 Å². The molecule has 0 radical (unpaired) electrons. The first-order valence-electron chi connectivity index (χ1n) is 10.3. The predicted octanol–water partition coefficient (Wildman–Crippen LogP) is 4.26. The average Bonchev–Trinajstić information content (AvgIpc) is 3.33. The van der Waals surface area contributed by atoms with Gasteiger partial charge in [0.05, 0.1) is 18.8 Å². The molecule has 1 aliphatic rings. The third-order valence-corrected chi connectivity index (χ3v) is 6.54. The first kappa shape index (κ1) is 22.3. The molecule has 3 aromatic rings. The summed E-state index contributed by atoms with van der Waals surface area (Å²) in [6, 6.07) is 15.3. The van der Waals surface area contributed by atoms with Gasteiger partial charge in [-0.15, -0.1) is 0 Å². The molecule has 0 aliphatic carbocycles. The Kier molecular flexibility index (Phi) is 7.09. The molecular formula is C24H24ClN3O3S. The highest BCUT2D eigenvalue weighted by Gasteiger charge is 2.26. The molecule has 32 heavy (non-hydrogen) atoms. The van der Waals surface area contributed by atoms with E-state index in [1.165, 1.54) is 18.2 Å². The van der Waals surface area contributed by atoms with Crippen LogP contribution in [0, 0.1) is 0 Å². The van der Waals surface area contributed by atoms with Crippen LogP contribution in [0.3, 0.4) is 0 Å². The van der Waals surface area contributed by atoms with Gasteiger partial charge in [-0.1, -0.05) is 35.9 Å². The number of amides is 2. The summed E-state index contributed by atoms with van der Waals surface area (Å²) in [6.07, 6.45) is 0.958. The number of methoxy groups -OCH3 is 1. The van der Waals surface area contributed by atoms with Gasteiger partial charge in [-0.3, -0.25) is 14.5 Å². The average molecular weight is 470 g/mol. The van der Waals surface area contributed by atoms with E-state index in [1.54, 1.807) is 29.5 Å². The van der Waals surface area contributed by atoms with E-state index in [4.69, 9.17) is 16.3 Å². The van der Waals surface area contributed by atoms with E-state index in [0.29, 0.717) is 23.0 Å². The third kappa shape index (κ3) is 5.12. The van der Waals surface area contributed by atoms with Crippen LogP contribution in [0.2, 0.25) is 5.02 Å². The Morgan fingerprint density at radius 1 is 1.16 bits per heavy atom. The molecule has 0 fully saturated rings. The maximum absolute atomic E-state index is 12.6. The van der Waals surface area contributed by atoms with E-state index in [-0.39, 0.29) is 6.04 Å². The summed E-state index contributed by atoms with van der Waals surface area (Å²) in [5, 5.41) is 9.94. The lowest BCUT2D eigenvalue weighted by Gasteiger charge is -2.35. The summed E-state index contributed by atoms with van der Waals surface area (Å²) in [6.45, 7) is 2.02. The second kappa shape index (κ2) is 10.2. The standard InChI is InChI=1S/C24H24ClN3O3S/c1-31-22-7-6-19(25)12-20(22)27-24(30)23(29)26-13-21(18-9-11-32-15-18)28-10-8-16-4-2-3-5-17(16)14-28/h2-7,9,11-12,15,21H,8,10,13-14H2,1H3,(H,26,29)(H,27,30). The van der Waals surface area contributed by atoms with E-state index in [0.717, 1.165) is 25.1 Å². The quantitative estimate of drug-likeness (QED) is 0.529. The zero-order valence-electron chi connectivity index (χ0n) is 17.6. The molecule has 2 aromatic carbocycles. The molecule has 1 aromatic heterocycles. The second-order valence-electron chi connectivity index (χ2n) is 7.57. The van der Waals surface area contributed by atoms with Crippen molar-refractivity contribution < 1.29 is 14.3 Å². The maximum atomic E-state index is 12.6. The van der Waals surface area contributed by atoms with Crippen LogP contribution in [-0.4, -0.2) is 36.9 Å². The minimum atomic E-state index is -0.765. The fourth-order valence-corrected chi connectivity index (χ4v) is 4.81. The van der Waals surface area contributed by atoms with Crippen LogP contribution in [0.5, 0.6) is 5.75 Å². The van der Waals surface area contributed by atoms with Crippen LogP contribution in [0.25, 0.3) is 0 Å². The minimum Gasteiger partial charge on any atom is -0.495 e. The highest BCUT2D eigenvalue weighted by atomic mass is 35.5. The fraction of sp³-hybridized carbons (Fsp3) is 0.250. The molecule has 166 valence electrons. The van der Waals surface area contributed by atoms with Crippen molar-refractivity contribution in [3.63, 3.8) is 0 Å². The number of fused-ring (bicyclic) bond motifs is 1. The number of rotatable bonds is 6. The predicted molar refractivity (Wildman–Crippen MR) is 127 cm³/mol. The van der Waals surface area contributed by atoms with Crippen molar-refractivity contribution >= 4 is 40.4 Å². The van der Waals surface area contributed by atoms with Crippen LogP contribution in [0.1, 0.15) is 22.7 Å². The van der Waals surface area contributed by atoms with Crippen molar-refractivity contribution in [2.75, 3.05) is 25.5 Å². The molecule has 4 rings (SSSR count). The lowest BCUT2D eigenvalue weighted by Crippen LogP contribution is -2.43. The van der Waals surface area contributed by atoms with Crippen LogP contribution < -0.4 is 15.4 Å². The van der Waals surface area contributed by atoms with Gasteiger partial charge in [0.2, 0.25) is 0 Å². The number of hydrogen-bond acceptors (Lipinski definition) is 5. The summed E-state index contributed by atoms with van der Waals surface area (Å²) in [5.41, 5.74) is 4.15. The molecule has 0 saturated carbocycles. The SMILES string of the molecule is COc1ccc(Cl)cc1NC(=O)C(=O)NCC(c1ccsc1)N1CCc2ccccc2C1. The topological polar surface area (TPSA) is 70.7 Å². The molecule has 0 saturated heterocycles. The van der Waals surface area contributed by atoms with Gasteiger partial charge in [0.1, 0.15) is 5.75 Å². The largest absolute Gasteiger partial charge is 0.495 e. The van der Waals surface area contributed by atoms with Crippen molar-refractivity contribution in [1.29, 1.82) is 0 Å². The Morgan fingerprint density at radius 2 is 1.97 bits per heavy atom. The normalized spacial score (nSPS) is 14.3. The minimum absolute atomic E-state index is 0.0212. The van der Waals surface area contributed by atoms with E-state index < -0.39 is 11.8 Å². The zero-order valence-corrected chi connectivity index (χ0v) is 19.2. The molecule has 1 aliphatic heterocycles. The van der Waals surface area contributed by atoms with Gasteiger partial charge in [0, 0.05) is 24.7 Å². The summed E-state index contributed by atoms with van der Waals surface area (Å²) in [5.74, 6) is -1.04. The van der Waals surface area contributed by atoms with Gasteiger partial charge in [-0.25, -0.2) is 0 Å². The van der Waals surface area contributed by atoms with Gasteiger partial charge >= 0.3 is 11.8 Å². The van der Waals surface area contributed by atoms with E-state index in [1.807, 2.05) is 5.38 Å². The number of halogens is 1. The van der Waals surface area contributed by atoms with Gasteiger partial charge in [-0.2, -0.15) is 11.3 Å². The number of anilines is 1. The van der Waals surface area contributed by atoms with Crippen LogP contribution in [0.15, 0.2) is 59.3 Å². The Labute approximate surface area is 196 Å². The molecule has 1 unspecified atom stereocenters. The number of nitrogens with zero attached hydrogens (tertiary/aromatic N) is 1. The number of hydrogen-bond donors (Lipinski definition) is 2. The third-order valence-electron chi connectivity index (χ3n) is 5.60. The molecule has 2 heterocycles. The molecule has 0 spiro atoms. The van der Waals surface area contributed by atoms with E-state index in [9.17, 15) is 9.59 Å².